The number of pyridine rings is 1. The lowest BCUT2D eigenvalue weighted by molar-refractivity contribution is 0.601. The van der Waals surface area contributed by atoms with E-state index in [0.717, 1.165) is 6.26 Å². The van der Waals surface area contributed by atoms with Crippen LogP contribution in [-0.4, -0.2) is 19.7 Å². The summed E-state index contributed by atoms with van der Waals surface area (Å²) in [5, 5.41) is 0. The van der Waals surface area contributed by atoms with Gasteiger partial charge in [0.15, 0.2) is 9.84 Å². The van der Waals surface area contributed by atoms with Gasteiger partial charge in [-0.2, -0.15) is 0 Å². The third-order valence-electron chi connectivity index (χ3n) is 1.34. The van der Waals surface area contributed by atoms with Gasteiger partial charge in [-0.25, -0.2) is 8.42 Å². The van der Waals surface area contributed by atoms with Crippen LogP contribution in [-0.2, 0) is 9.84 Å². The predicted octanol–water partition coefficient (Wildman–Crippen LogP) is 0.466. The molecule has 1 aromatic heterocycles. The molecule has 0 spiro atoms. The molecule has 0 N–H and O–H groups in total. The van der Waals surface area contributed by atoms with E-state index in [4.69, 9.17) is 6.42 Å². The maximum atomic E-state index is 11.1. The molecule has 12 heavy (non-hydrogen) atoms. The van der Waals surface area contributed by atoms with Gasteiger partial charge in [0.25, 0.3) is 0 Å². The SMILES string of the molecule is C#Cc1ccncc1S(C)(=O)=O. The first kappa shape index (κ1) is 8.75. The summed E-state index contributed by atoms with van der Waals surface area (Å²) >= 11 is 0. The maximum absolute atomic E-state index is 11.1. The molecule has 0 atom stereocenters. The molecule has 0 aliphatic carbocycles. The molecule has 0 unspecified atom stereocenters. The molecule has 0 aromatic carbocycles. The summed E-state index contributed by atoms with van der Waals surface area (Å²) in [5.41, 5.74) is 0.354. The number of hydrogen-bond acceptors (Lipinski definition) is 3. The Morgan fingerprint density at radius 3 is 2.67 bits per heavy atom. The van der Waals surface area contributed by atoms with Gasteiger partial charge in [-0.1, -0.05) is 5.92 Å². The van der Waals surface area contributed by atoms with Crippen molar-refractivity contribution in [3.63, 3.8) is 0 Å². The highest BCUT2D eigenvalue weighted by atomic mass is 32.2. The number of terminal acetylenes is 1. The average molecular weight is 181 g/mol. The second-order valence-corrected chi connectivity index (χ2v) is 4.27. The molecule has 1 heterocycles. The minimum Gasteiger partial charge on any atom is -0.263 e. The molecule has 4 heteroatoms. The van der Waals surface area contributed by atoms with Gasteiger partial charge in [0.2, 0.25) is 0 Å². The molecule has 1 rings (SSSR count). The lowest BCUT2D eigenvalue weighted by atomic mass is 10.3. The highest BCUT2D eigenvalue weighted by molar-refractivity contribution is 7.90. The summed E-state index contributed by atoms with van der Waals surface area (Å²) in [4.78, 5) is 3.79. The standard InChI is InChI=1S/C8H7NO2S/c1-3-7-4-5-9-6-8(7)12(2,10)11/h1,4-6H,2H3. The van der Waals surface area contributed by atoms with Crippen molar-refractivity contribution in [1.29, 1.82) is 0 Å². The summed E-state index contributed by atoms with van der Waals surface area (Å²) in [5.74, 6) is 2.28. The Kier molecular flexibility index (Phi) is 2.15. The van der Waals surface area contributed by atoms with Crippen molar-refractivity contribution in [2.24, 2.45) is 0 Å². The third kappa shape index (κ3) is 1.63. The van der Waals surface area contributed by atoms with Gasteiger partial charge in [0.1, 0.15) is 4.90 Å². The molecular weight excluding hydrogens is 174 g/mol. The van der Waals surface area contributed by atoms with Crippen LogP contribution >= 0.6 is 0 Å². The molecule has 0 aliphatic rings. The van der Waals surface area contributed by atoms with E-state index in [1.54, 1.807) is 0 Å². The van der Waals surface area contributed by atoms with Crippen LogP contribution in [0, 0.1) is 12.3 Å². The third-order valence-corrected chi connectivity index (χ3v) is 2.46. The molecule has 1 aromatic rings. The maximum Gasteiger partial charge on any atom is 0.178 e. The molecular formula is C8H7NO2S. The molecule has 62 valence electrons. The van der Waals surface area contributed by atoms with Crippen molar-refractivity contribution >= 4 is 9.84 Å². The van der Waals surface area contributed by atoms with Crippen LogP contribution in [0.3, 0.4) is 0 Å². The number of rotatable bonds is 1. The molecule has 0 radical (unpaired) electrons. The molecule has 0 saturated carbocycles. The molecule has 0 amide bonds. The van der Waals surface area contributed by atoms with Crippen LogP contribution in [0.2, 0.25) is 0 Å². The minimum atomic E-state index is -3.25. The summed E-state index contributed by atoms with van der Waals surface area (Å²) < 4.78 is 22.2. The van der Waals surface area contributed by atoms with E-state index in [0.29, 0.717) is 5.56 Å². The van der Waals surface area contributed by atoms with E-state index in [-0.39, 0.29) is 4.90 Å². The van der Waals surface area contributed by atoms with Crippen molar-refractivity contribution in [2.75, 3.05) is 6.26 Å². The Morgan fingerprint density at radius 2 is 2.25 bits per heavy atom. The van der Waals surface area contributed by atoms with E-state index >= 15 is 0 Å². The first-order chi connectivity index (χ1) is 5.55. The lowest BCUT2D eigenvalue weighted by Crippen LogP contribution is -2.00. The van der Waals surface area contributed by atoms with Crippen molar-refractivity contribution in [2.45, 2.75) is 4.90 Å². The van der Waals surface area contributed by atoms with Gasteiger partial charge in [0, 0.05) is 24.2 Å². The Bertz CT molecular complexity index is 429. The zero-order valence-corrected chi connectivity index (χ0v) is 7.30. The Labute approximate surface area is 71.4 Å². The molecule has 0 fully saturated rings. The van der Waals surface area contributed by atoms with E-state index in [2.05, 4.69) is 10.9 Å². The summed E-state index contributed by atoms with van der Waals surface area (Å²) in [7, 11) is -3.25. The monoisotopic (exact) mass is 181 g/mol. The molecule has 3 nitrogen and oxygen atoms in total. The topological polar surface area (TPSA) is 47.0 Å². The van der Waals surface area contributed by atoms with Crippen LogP contribution in [0.1, 0.15) is 5.56 Å². The summed E-state index contributed by atoms with van der Waals surface area (Å²) in [6, 6.07) is 1.50. The van der Waals surface area contributed by atoms with E-state index < -0.39 is 9.84 Å². The quantitative estimate of drug-likeness (QED) is 0.591. The van der Waals surface area contributed by atoms with Gasteiger partial charge < -0.3 is 0 Å². The normalized spacial score (nSPS) is 10.7. The van der Waals surface area contributed by atoms with Gasteiger partial charge in [-0.05, 0) is 6.07 Å². The highest BCUT2D eigenvalue weighted by Gasteiger charge is 2.10. The first-order valence-electron chi connectivity index (χ1n) is 3.16. The van der Waals surface area contributed by atoms with Crippen LogP contribution < -0.4 is 0 Å². The largest absolute Gasteiger partial charge is 0.263 e. The Morgan fingerprint density at radius 1 is 1.58 bits per heavy atom. The van der Waals surface area contributed by atoms with Crippen molar-refractivity contribution < 1.29 is 8.42 Å². The van der Waals surface area contributed by atoms with E-state index in [1.165, 1.54) is 18.5 Å². The van der Waals surface area contributed by atoms with E-state index in [1.807, 2.05) is 0 Å². The summed E-state index contributed by atoms with van der Waals surface area (Å²) in [6.45, 7) is 0. The fourth-order valence-electron chi connectivity index (χ4n) is 0.795. The zero-order chi connectivity index (χ0) is 9.19. The van der Waals surface area contributed by atoms with Crippen LogP contribution in [0.5, 0.6) is 0 Å². The van der Waals surface area contributed by atoms with E-state index in [9.17, 15) is 8.42 Å². The van der Waals surface area contributed by atoms with Gasteiger partial charge in [0.05, 0.1) is 0 Å². The molecule has 0 bridgehead atoms. The summed E-state index contributed by atoms with van der Waals surface area (Å²) in [6.07, 6.45) is 8.92. The van der Waals surface area contributed by atoms with Crippen molar-refractivity contribution in [1.82, 2.24) is 4.98 Å². The number of sulfone groups is 1. The lowest BCUT2D eigenvalue weighted by Gasteiger charge is -1.98. The number of nitrogens with zero attached hydrogens (tertiary/aromatic N) is 1. The fraction of sp³-hybridized carbons (Fsp3) is 0.125. The van der Waals surface area contributed by atoms with Crippen LogP contribution in [0.4, 0.5) is 0 Å². The first-order valence-corrected chi connectivity index (χ1v) is 5.05. The highest BCUT2D eigenvalue weighted by Crippen LogP contribution is 2.11. The fourth-order valence-corrected chi connectivity index (χ4v) is 1.57. The predicted molar refractivity (Wildman–Crippen MR) is 45.3 cm³/mol. The second-order valence-electron chi connectivity index (χ2n) is 2.29. The van der Waals surface area contributed by atoms with Gasteiger partial charge in [-0.15, -0.1) is 6.42 Å². The van der Waals surface area contributed by atoms with Crippen molar-refractivity contribution in [3.8, 4) is 12.3 Å². The molecule has 0 aliphatic heterocycles. The zero-order valence-electron chi connectivity index (χ0n) is 6.48. The average Bonchev–Trinajstić information content (AvgIpc) is 2.03. The second kappa shape index (κ2) is 2.95. The Hall–Kier alpha value is -1.34. The Balaban J connectivity index is 3.47. The number of hydrogen-bond donors (Lipinski definition) is 0. The van der Waals surface area contributed by atoms with Crippen LogP contribution in [0.15, 0.2) is 23.4 Å². The van der Waals surface area contributed by atoms with Gasteiger partial charge in [-0.3, -0.25) is 4.98 Å². The van der Waals surface area contributed by atoms with Gasteiger partial charge >= 0.3 is 0 Å². The smallest absolute Gasteiger partial charge is 0.178 e. The van der Waals surface area contributed by atoms with Crippen molar-refractivity contribution in [3.05, 3.63) is 24.0 Å². The molecule has 0 saturated heterocycles. The van der Waals surface area contributed by atoms with Crippen LogP contribution in [0.25, 0.3) is 0 Å². The number of aromatic nitrogens is 1. The minimum absolute atomic E-state index is 0.104.